The third kappa shape index (κ3) is 3.78. The molecule has 0 bridgehead atoms. The molecule has 0 spiro atoms. The molecule has 0 amide bonds. The summed E-state index contributed by atoms with van der Waals surface area (Å²) in [7, 11) is 1.69. The van der Waals surface area contributed by atoms with Gasteiger partial charge >= 0.3 is 0 Å². The number of ether oxygens (including phenoxy) is 1. The third-order valence-corrected chi connectivity index (χ3v) is 3.42. The predicted octanol–water partition coefficient (Wildman–Crippen LogP) is 2.88. The Kier molecular flexibility index (Phi) is 5.58. The number of carbonyl (C=O) groups is 1. The molecular formula is C12H20N2O2S. The van der Waals surface area contributed by atoms with Crippen LogP contribution < -0.4 is 5.32 Å². The highest BCUT2D eigenvalue weighted by Crippen LogP contribution is 2.26. The average Bonchev–Trinajstić information content (AvgIpc) is 2.60. The van der Waals surface area contributed by atoms with Gasteiger partial charge in [-0.1, -0.05) is 13.3 Å². The molecule has 0 radical (unpaired) electrons. The van der Waals surface area contributed by atoms with Crippen LogP contribution in [0.4, 0.5) is 5.00 Å². The van der Waals surface area contributed by atoms with Crippen molar-refractivity contribution < 1.29 is 9.53 Å². The van der Waals surface area contributed by atoms with Crippen molar-refractivity contribution >= 4 is 22.3 Å². The van der Waals surface area contributed by atoms with Crippen LogP contribution in [0.2, 0.25) is 0 Å². The largest absolute Gasteiger partial charge is 0.383 e. The molecular weight excluding hydrogens is 236 g/mol. The highest BCUT2D eigenvalue weighted by Gasteiger charge is 2.17. The fourth-order valence-electron chi connectivity index (χ4n) is 1.82. The number of methoxy groups -OCH3 is 1. The zero-order valence-corrected chi connectivity index (χ0v) is 11.7. The maximum atomic E-state index is 11.5. The van der Waals surface area contributed by atoms with Crippen molar-refractivity contribution in [3.05, 3.63) is 11.3 Å². The second-order valence-corrected chi connectivity index (χ2v) is 4.89. The number of Topliss-reactive ketones (excluding diaryl/α,β-unsaturated/α-hetero) is 1. The van der Waals surface area contributed by atoms with Crippen LogP contribution in [0.1, 0.15) is 42.7 Å². The van der Waals surface area contributed by atoms with Crippen molar-refractivity contribution in [2.75, 3.05) is 19.0 Å². The molecule has 1 heterocycles. The van der Waals surface area contributed by atoms with Gasteiger partial charge in [0.15, 0.2) is 5.78 Å². The topological polar surface area (TPSA) is 51.2 Å². The van der Waals surface area contributed by atoms with Crippen LogP contribution in [0.5, 0.6) is 0 Å². The summed E-state index contributed by atoms with van der Waals surface area (Å²) >= 11 is 1.35. The smallest absolute Gasteiger partial charge is 0.164 e. The number of aromatic nitrogens is 1. The van der Waals surface area contributed by atoms with Crippen molar-refractivity contribution in [2.45, 2.75) is 39.7 Å². The van der Waals surface area contributed by atoms with E-state index in [1.54, 1.807) is 14.0 Å². The summed E-state index contributed by atoms with van der Waals surface area (Å²) < 4.78 is 9.40. The van der Waals surface area contributed by atoms with Gasteiger partial charge in [0.05, 0.1) is 23.9 Å². The maximum absolute atomic E-state index is 11.5. The summed E-state index contributed by atoms with van der Waals surface area (Å²) in [4.78, 5) is 11.5. The lowest BCUT2D eigenvalue weighted by Gasteiger charge is -2.17. The number of rotatable bonds is 7. The summed E-state index contributed by atoms with van der Waals surface area (Å²) in [6.07, 6.45) is 2.09. The molecule has 4 nitrogen and oxygen atoms in total. The van der Waals surface area contributed by atoms with Gasteiger partial charge in [0, 0.05) is 7.11 Å². The molecule has 96 valence electrons. The van der Waals surface area contributed by atoms with Gasteiger partial charge in [0.25, 0.3) is 0 Å². The summed E-state index contributed by atoms with van der Waals surface area (Å²) in [6.45, 7) is 6.22. The van der Waals surface area contributed by atoms with Gasteiger partial charge < -0.3 is 10.1 Å². The van der Waals surface area contributed by atoms with E-state index in [0.29, 0.717) is 12.2 Å². The first-order chi connectivity index (χ1) is 8.10. The molecule has 1 aromatic heterocycles. The first-order valence-corrected chi connectivity index (χ1v) is 6.60. The molecule has 0 saturated heterocycles. The van der Waals surface area contributed by atoms with E-state index in [2.05, 4.69) is 16.6 Å². The first kappa shape index (κ1) is 14.1. The number of nitrogens with zero attached hydrogens (tertiary/aromatic N) is 1. The van der Waals surface area contributed by atoms with Crippen LogP contribution in [0.3, 0.4) is 0 Å². The minimum atomic E-state index is 0.0615. The quantitative estimate of drug-likeness (QED) is 0.762. The number of hydrogen-bond acceptors (Lipinski definition) is 5. The van der Waals surface area contributed by atoms with E-state index in [4.69, 9.17) is 4.74 Å². The number of carbonyl (C=O) groups excluding carboxylic acids is 1. The van der Waals surface area contributed by atoms with E-state index in [1.807, 2.05) is 6.92 Å². The number of ketones is 1. The molecule has 0 saturated carbocycles. The highest BCUT2D eigenvalue weighted by atomic mass is 32.1. The molecule has 0 fully saturated rings. The van der Waals surface area contributed by atoms with Crippen molar-refractivity contribution in [3.63, 3.8) is 0 Å². The van der Waals surface area contributed by atoms with Crippen LogP contribution in [0, 0.1) is 6.92 Å². The molecule has 1 unspecified atom stereocenters. The van der Waals surface area contributed by atoms with Crippen molar-refractivity contribution in [3.8, 4) is 0 Å². The van der Waals surface area contributed by atoms with Gasteiger partial charge in [-0.15, -0.1) is 0 Å². The molecule has 0 aliphatic carbocycles. The summed E-state index contributed by atoms with van der Waals surface area (Å²) in [6, 6.07) is 0.239. The predicted molar refractivity (Wildman–Crippen MR) is 71.1 cm³/mol. The molecule has 1 atom stereocenters. The second kappa shape index (κ2) is 6.71. The maximum Gasteiger partial charge on any atom is 0.164 e. The van der Waals surface area contributed by atoms with Crippen LogP contribution in [0.15, 0.2) is 0 Å². The highest BCUT2D eigenvalue weighted by molar-refractivity contribution is 7.10. The van der Waals surface area contributed by atoms with Crippen LogP contribution in [-0.2, 0) is 4.74 Å². The molecule has 0 aliphatic heterocycles. The molecule has 0 aromatic carbocycles. The lowest BCUT2D eigenvalue weighted by Crippen LogP contribution is -2.25. The average molecular weight is 256 g/mol. The van der Waals surface area contributed by atoms with Gasteiger partial charge in [0.2, 0.25) is 0 Å². The molecule has 1 rings (SSSR count). The Bertz CT molecular complexity index is 371. The van der Waals surface area contributed by atoms with Gasteiger partial charge in [-0.25, -0.2) is 0 Å². The summed E-state index contributed by atoms with van der Waals surface area (Å²) in [5.74, 6) is 0.0615. The van der Waals surface area contributed by atoms with Gasteiger partial charge in [0.1, 0.15) is 5.00 Å². The van der Waals surface area contributed by atoms with E-state index in [1.165, 1.54) is 11.5 Å². The second-order valence-electron chi connectivity index (χ2n) is 4.11. The normalized spacial score (nSPS) is 12.5. The Morgan fingerprint density at radius 3 is 2.82 bits per heavy atom. The minimum absolute atomic E-state index is 0.0615. The number of aryl methyl sites for hydroxylation is 1. The number of anilines is 1. The fourth-order valence-corrected chi connectivity index (χ4v) is 2.74. The van der Waals surface area contributed by atoms with Crippen molar-refractivity contribution in [1.82, 2.24) is 4.37 Å². The standard InChI is InChI=1S/C12H20N2O2S/c1-5-6-10(7-16-4)13-12-11(9(3)15)8(2)14-17-12/h10,13H,5-7H2,1-4H3. The zero-order valence-electron chi connectivity index (χ0n) is 10.9. The van der Waals surface area contributed by atoms with E-state index in [0.717, 1.165) is 23.5 Å². The Balaban J connectivity index is 2.81. The Morgan fingerprint density at radius 2 is 2.29 bits per heavy atom. The molecule has 0 aliphatic rings. The number of hydrogen-bond donors (Lipinski definition) is 1. The lowest BCUT2D eigenvalue weighted by molar-refractivity contribution is 0.101. The molecule has 5 heteroatoms. The van der Waals surface area contributed by atoms with Crippen LogP contribution in [-0.4, -0.2) is 29.9 Å². The van der Waals surface area contributed by atoms with Crippen LogP contribution in [0.25, 0.3) is 0 Å². The Morgan fingerprint density at radius 1 is 1.59 bits per heavy atom. The van der Waals surface area contributed by atoms with Crippen molar-refractivity contribution in [2.24, 2.45) is 0 Å². The van der Waals surface area contributed by atoms with Crippen LogP contribution >= 0.6 is 11.5 Å². The minimum Gasteiger partial charge on any atom is -0.383 e. The summed E-state index contributed by atoms with van der Waals surface area (Å²) in [5.41, 5.74) is 1.52. The van der Waals surface area contributed by atoms with E-state index < -0.39 is 0 Å². The summed E-state index contributed by atoms with van der Waals surface area (Å²) in [5, 5.41) is 4.23. The molecule has 17 heavy (non-hydrogen) atoms. The van der Waals surface area contributed by atoms with Crippen molar-refractivity contribution in [1.29, 1.82) is 0 Å². The van der Waals surface area contributed by atoms with Gasteiger partial charge in [-0.2, -0.15) is 4.37 Å². The Hall–Kier alpha value is -0.940. The van der Waals surface area contributed by atoms with E-state index >= 15 is 0 Å². The number of nitrogens with one attached hydrogen (secondary N) is 1. The monoisotopic (exact) mass is 256 g/mol. The molecule has 1 N–H and O–H groups in total. The third-order valence-electron chi connectivity index (χ3n) is 2.55. The zero-order chi connectivity index (χ0) is 12.8. The van der Waals surface area contributed by atoms with E-state index in [9.17, 15) is 4.79 Å². The lowest BCUT2D eigenvalue weighted by atomic mass is 10.1. The fraction of sp³-hybridized carbons (Fsp3) is 0.667. The Labute approximate surface area is 107 Å². The van der Waals surface area contributed by atoms with E-state index in [-0.39, 0.29) is 11.8 Å². The molecule has 1 aromatic rings. The first-order valence-electron chi connectivity index (χ1n) is 5.82. The van der Waals surface area contributed by atoms with Gasteiger partial charge in [-0.3, -0.25) is 4.79 Å². The SMILES string of the molecule is CCCC(COC)Nc1snc(C)c1C(C)=O. The van der Waals surface area contributed by atoms with Gasteiger partial charge in [-0.05, 0) is 31.8 Å².